The van der Waals surface area contributed by atoms with Gasteiger partial charge in [-0.15, -0.1) is 0 Å². The number of aromatic amines is 1. The van der Waals surface area contributed by atoms with E-state index < -0.39 is 0 Å². The zero-order valence-electron chi connectivity index (χ0n) is 21.7. The molecule has 0 radical (unpaired) electrons. The fourth-order valence-electron chi connectivity index (χ4n) is 4.27. The second-order valence-electron chi connectivity index (χ2n) is 8.65. The number of ether oxygens (including phenoxy) is 3. The van der Waals surface area contributed by atoms with Gasteiger partial charge in [-0.3, -0.25) is 4.79 Å². The summed E-state index contributed by atoms with van der Waals surface area (Å²) >= 11 is 0. The van der Waals surface area contributed by atoms with Crippen LogP contribution in [0.5, 0.6) is 17.2 Å². The lowest BCUT2D eigenvalue weighted by atomic mass is 9.98. The molecule has 4 aromatic rings. The number of nitrogens with zero attached hydrogens (tertiary/aromatic N) is 1. The first-order valence-corrected chi connectivity index (χ1v) is 11.6. The number of amides is 1. The minimum atomic E-state index is -0.240. The van der Waals surface area contributed by atoms with Crippen LogP contribution in [0.3, 0.4) is 0 Å². The third-order valence-electron chi connectivity index (χ3n) is 6.66. The van der Waals surface area contributed by atoms with Crippen LogP contribution in [0, 0.1) is 27.7 Å². The van der Waals surface area contributed by atoms with Crippen LogP contribution in [0.1, 0.15) is 44.0 Å². The van der Waals surface area contributed by atoms with E-state index in [0.29, 0.717) is 34.3 Å². The number of imidazole rings is 1. The predicted molar refractivity (Wildman–Crippen MR) is 143 cm³/mol. The van der Waals surface area contributed by atoms with E-state index in [1.165, 1.54) is 11.1 Å². The summed E-state index contributed by atoms with van der Waals surface area (Å²) in [5.74, 6) is 1.83. The first kappa shape index (κ1) is 24.9. The number of methoxy groups -OCH3 is 3. The van der Waals surface area contributed by atoms with Crippen molar-refractivity contribution in [3.05, 3.63) is 81.7 Å². The number of H-pyrrole nitrogens is 1. The van der Waals surface area contributed by atoms with Crippen molar-refractivity contribution < 1.29 is 19.0 Å². The van der Waals surface area contributed by atoms with Gasteiger partial charge in [0.05, 0.1) is 38.1 Å². The summed E-state index contributed by atoms with van der Waals surface area (Å²) < 4.78 is 16.5. The van der Waals surface area contributed by atoms with E-state index in [-0.39, 0.29) is 5.91 Å². The van der Waals surface area contributed by atoms with Gasteiger partial charge in [0, 0.05) is 5.56 Å². The van der Waals surface area contributed by atoms with Crippen LogP contribution in [-0.2, 0) is 0 Å². The van der Waals surface area contributed by atoms with Crippen molar-refractivity contribution in [2.75, 3.05) is 21.3 Å². The smallest absolute Gasteiger partial charge is 0.255 e. The van der Waals surface area contributed by atoms with Crippen LogP contribution in [-0.4, -0.2) is 37.2 Å². The number of hydrogen-bond donors (Lipinski definition) is 2. The highest BCUT2D eigenvalue weighted by molar-refractivity contribution is 6.02. The maximum Gasteiger partial charge on any atom is 0.255 e. The molecule has 0 aliphatic heterocycles. The van der Waals surface area contributed by atoms with Crippen molar-refractivity contribution in [1.82, 2.24) is 15.3 Å². The summed E-state index contributed by atoms with van der Waals surface area (Å²) in [4.78, 5) is 21.5. The molecule has 7 nitrogen and oxygen atoms in total. The number of rotatable bonds is 7. The van der Waals surface area contributed by atoms with Gasteiger partial charge in [0.25, 0.3) is 5.91 Å². The van der Waals surface area contributed by atoms with Gasteiger partial charge in [-0.05, 0) is 85.9 Å². The van der Waals surface area contributed by atoms with Crippen molar-refractivity contribution in [2.24, 2.45) is 0 Å². The van der Waals surface area contributed by atoms with Crippen molar-refractivity contribution >= 4 is 28.7 Å². The number of aryl methyl sites for hydroxylation is 2. The second-order valence-corrected chi connectivity index (χ2v) is 8.65. The molecule has 0 spiro atoms. The highest BCUT2D eigenvalue weighted by Crippen LogP contribution is 2.39. The molecule has 0 atom stereocenters. The first-order valence-electron chi connectivity index (χ1n) is 11.6. The third-order valence-corrected chi connectivity index (χ3v) is 6.66. The van der Waals surface area contributed by atoms with Gasteiger partial charge in [0.1, 0.15) is 0 Å². The normalized spacial score (nSPS) is 11.5. The number of aromatic nitrogens is 2. The molecule has 0 aliphatic rings. The van der Waals surface area contributed by atoms with E-state index in [1.807, 2.05) is 36.4 Å². The first-order chi connectivity index (χ1) is 17.3. The second kappa shape index (κ2) is 10.2. The molecule has 1 heterocycles. The Kier molecular flexibility index (Phi) is 7.01. The molecule has 36 heavy (non-hydrogen) atoms. The Labute approximate surface area is 211 Å². The molecular formula is C29H31N3O4. The number of carbonyl (C=O) groups is 1. The average molecular weight is 486 g/mol. The van der Waals surface area contributed by atoms with E-state index in [9.17, 15) is 4.79 Å². The summed E-state index contributed by atoms with van der Waals surface area (Å²) in [6.07, 6.45) is 1.84. The SMILES string of the molecule is COc1cc(/C=C(/NC(=O)c2ccccc2)c2nc3c(C)c(C)c(C)c(C)c3[nH]2)cc(OC)c1OC. The van der Waals surface area contributed by atoms with Crippen molar-refractivity contribution in [2.45, 2.75) is 27.7 Å². The fourth-order valence-corrected chi connectivity index (χ4v) is 4.27. The van der Waals surface area contributed by atoms with Gasteiger partial charge < -0.3 is 24.5 Å². The Morgan fingerprint density at radius 1 is 0.861 bits per heavy atom. The molecular weight excluding hydrogens is 454 g/mol. The molecule has 0 aliphatic carbocycles. The largest absolute Gasteiger partial charge is 0.493 e. The van der Waals surface area contributed by atoms with E-state index in [0.717, 1.165) is 27.7 Å². The van der Waals surface area contributed by atoms with Crippen molar-refractivity contribution in [3.8, 4) is 17.2 Å². The minimum absolute atomic E-state index is 0.240. The molecule has 0 saturated heterocycles. The van der Waals surface area contributed by atoms with Crippen LogP contribution in [0.2, 0.25) is 0 Å². The van der Waals surface area contributed by atoms with Gasteiger partial charge in [-0.2, -0.15) is 0 Å². The Morgan fingerprint density at radius 3 is 2.06 bits per heavy atom. The molecule has 3 aromatic carbocycles. The topological polar surface area (TPSA) is 85.5 Å². The fraction of sp³-hybridized carbons (Fsp3) is 0.241. The maximum atomic E-state index is 13.2. The summed E-state index contributed by atoms with van der Waals surface area (Å²) in [5, 5.41) is 3.05. The molecule has 0 saturated carbocycles. The van der Waals surface area contributed by atoms with Crippen LogP contribution in [0.15, 0.2) is 42.5 Å². The highest BCUT2D eigenvalue weighted by atomic mass is 16.5. The van der Waals surface area contributed by atoms with E-state index in [2.05, 4.69) is 38.0 Å². The number of fused-ring (bicyclic) bond motifs is 1. The summed E-state index contributed by atoms with van der Waals surface area (Å²) in [5.41, 5.74) is 8.32. The molecule has 2 N–H and O–H groups in total. The molecule has 0 unspecified atom stereocenters. The molecule has 0 fully saturated rings. The van der Waals surface area contributed by atoms with Crippen LogP contribution in [0.25, 0.3) is 22.8 Å². The molecule has 186 valence electrons. The van der Waals surface area contributed by atoms with Gasteiger partial charge >= 0.3 is 0 Å². The summed E-state index contributed by atoms with van der Waals surface area (Å²) in [7, 11) is 4.70. The zero-order chi connectivity index (χ0) is 26.0. The van der Waals surface area contributed by atoms with E-state index >= 15 is 0 Å². The zero-order valence-corrected chi connectivity index (χ0v) is 21.7. The molecule has 0 bridgehead atoms. The Morgan fingerprint density at radius 2 is 1.47 bits per heavy atom. The molecule has 1 aromatic heterocycles. The standard InChI is InChI=1S/C29H31N3O4/c1-16-17(2)19(4)26-25(18(16)3)31-28(32-26)22(30-29(33)21-11-9-8-10-12-21)13-20-14-23(34-5)27(36-7)24(15-20)35-6/h8-15H,1-7H3,(H,30,33)(H,31,32)/b22-13+. The minimum Gasteiger partial charge on any atom is -0.493 e. The third kappa shape index (κ3) is 4.52. The number of hydrogen-bond acceptors (Lipinski definition) is 5. The molecule has 7 heteroatoms. The summed E-state index contributed by atoms with van der Waals surface area (Å²) in [6.45, 7) is 8.37. The maximum absolute atomic E-state index is 13.2. The van der Waals surface area contributed by atoms with E-state index in [4.69, 9.17) is 19.2 Å². The molecule has 4 rings (SSSR count). The van der Waals surface area contributed by atoms with Crippen LogP contribution < -0.4 is 19.5 Å². The number of benzene rings is 3. The van der Waals surface area contributed by atoms with Crippen molar-refractivity contribution in [3.63, 3.8) is 0 Å². The van der Waals surface area contributed by atoms with Gasteiger partial charge in [-0.1, -0.05) is 18.2 Å². The average Bonchev–Trinajstić information content (AvgIpc) is 3.36. The van der Waals surface area contributed by atoms with Crippen LogP contribution in [0.4, 0.5) is 0 Å². The number of nitrogens with one attached hydrogen (secondary N) is 2. The van der Waals surface area contributed by atoms with Crippen LogP contribution >= 0.6 is 0 Å². The Bertz CT molecular complexity index is 1400. The Balaban J connectivity index is 1.90. The Hall–Kier alpha value is -4.26. The quantitative estimate of drug-likeness (QED) is 0.348. The van der Waals surface area contributed by atoms with Gasteiger partial charge in [-0.25, -0.2) is 4.98 Å². The lowest BCUT2D eigenvalue weighted by molar-refractivity contribution is 0.0973. The van der Waals surface area contributed by atoms with Gasteiger partial charge in [0.15, 0.2) is 17.3 Å². The summed E-state index contributed by atoms with van der Waals surface area (Å²) in [6, 6.07) is 12.7. The highest BCUT2D eigenvalue weighted by Gasteiger charge is 2.19. The lowest BCUT2D eigenvalue weighted by Crippen LogP contribution is -2.22. The monoisotopic (exact) mass is 485 g/mol. The molecule has 1 amide bonds. The van der Waals surface area contributed by atoms with Gasteiger partial charge in [0.2, 0.25) is 5.75 Å². The lowest BCUT2D eigenvalue weighted by Gasteiger charge is -2.14. The predicted octanol–water partition coefficient (Wildman–Crippen LogP) is 5.75. The van der Waals surface area contributed by atoms with E-state index in [1.54, 1.807) is 33.5 Å². The van der Waals surface area contributed by atoms with Crippen molar-refractivity contribution in [1.29, 1.82) is 0 Å². The number of carbonyl (C=O) groups excluding carboxylic acids is 1.